The van der Waals surface area contributed by atoms with Crippen LogP contribution < -0.4 is 4.74 Å². The van der Waals surface area contributed by atoms with Gasteiger partial charge in [0.15, 0.2) is 11.6 Å². The van der Waals surface area contributed by atoms with Crippen LogP contribution >= 0.6 is 0 Å². The normalized spacial score (nSPS) is 21.0. The highest BCUT2D eigenvalue weighted by Crippen LogP contribution is 2.41. The predicted octanol–water partition coefficient (Wildman–Crippen LogP) is 6.78. The monoisotopic (exact) mass is 338 g/mol. The fraction of sp³-hybridized carbons (Fsp3) is 0.714. The Kier molecular flexibility index (Phi) is 7.51. The largest absolute Gasteiger partial charge is 0.494 e. The number of halogens is 2. The van der Waals surface area contributed by atoms with E-state index in [0.29, 0.717) is 17.9 Å². The molecule has 1 nitrogen and oxygen atoms in total. The third kappa shape index (κ3) is 4.49. The van der Waals surface area contributed by atoms with Crippen molar-refractivity contribution in [2.75, 3.05) is 7.11 Å². The number of rotatable bonds is 8. The molecule has 0 spiro atoms. The summed E-state index contributed by atoms with van der Waals surface area (Å²) in [5.74, 6) is -0.325. The van der Waals surface area contributed by atoms with Crippen molar-refractivity contribution < 1.29 is 13.5 Å². The Hall–Kier alpha value is -1.12. The topological polar surface area (TPSA) is 9.23 Å². The highest BCUT2D eigenvalue weighted by Gasteiger charge is 2.27. The van der Waals surface area contributed by atoms with Gasteiger partial charge in [0.25, 0.3) is 0 Å². The number of ether oxygens (including phenoxy) is 1. The third-order valence-corrected chi connectivity index (χ3v) is 5.53. The average molecular weight is 338 g/mol. The second-order valence-corrected chi connectivity index (χ2v) is 7.24. The molecule has 0 N–H and O–H groups in total. The highest BCUT2D eigenvalue weighted by molar-refractivity contribution is 5.41. The van der Waals surface area contributed by atoms with E-state index in [9.17, 15) is 8.78 Å². The fourth-order valence-electron chi connectivity index (χ4n) is 4.12. The second kappa shape index (κ2) is 9.39. The molecule has 1 aliphatic carbocycles. The first-order chi connectivity index (χ1) is 11.6. The van der Waals surface area contributed by atoms with Crippen LogP contribution in [0, 0.1) is 17.6 Å². The molecule has 1 fully saturated rings. The van der Waals surface area contributed by atoms with Crippen molar-refractivity contribution >= 4 is 0 Å². The van der Waals surface area contributed by atoms with E-state index in [1.54, 1.807) is 6.07 Å². The SMILES string of the molecule is CCCCCC1CCC(c2cc(OC)c(F)c(F)c2CCC)CC1. The van der Waals surface area contributed by atoms with Gasteiger partial charge in [-0.15, -0.1) is 0 Å². The van der Waals surface area contributed by atoms with Crippen LogP contribution in [0.5, 0.6) is 5.75 Å². The first-order valence-corrected chi connectivity index (χ1v) is 9.67. The Labute approximate surface area is 145 Å². The number of unbranched alkanes of at least 4 members (excludes halogenated alkanes) is 2. The van der Waals surface area contributed by atoms with Crippen LogP contribution in [-0.4, -0.2) is 7.11 Å². The summed E-state index contributed by atoms with van der Waals surface area (Å²) in [4.78, 5) is 0. The first-order valence-electron chi connectivity index (χ1n) is 9.67. The van der Waals surface area contributed by atoms with Crippen molar-refractivity contribution in [3.05, 3.63) is 28.8 Å². The molecule has 3 heteroatoms. The molecular formula is C21H32F2O. The van der Waals surface area contributed by atoms with Gasteiger partial charge in [0, 0.05) is 0 Å². The van der Waals surface area contributed by atoms with Crippen LogP contribution in [0.3, 0.4) is 0 Å². The zero-order valence-electron chi connectivity index (χ0n) is 15.5. The maximum atomic E-state index is 14.5. The molecule has 0 unspecified atom stereocenters. The summed E-state index contributed by atoms with van der Waals surface area (Å²) >= 11 is 0. The maximum Gasteiger partial charge on any atom is 0.200 e. The van der Waals surface area contributed by atoms with Crippen molar-refractivity contribution in [2.45, 2.75) is 84.0 Å². The molecule has 136 valence electrons. The number of benzene rings is 1. The predicted molar refractivity (Wildman–Crippen MR) is 95.7 cm³/mol. The molecule has 1 saturated carbocycles. The van der Waals surface area contributed by atoms with Gasteiger partial charge < -0.3 is 4.74 Å². The molecular weight excluding hydrogens is 306 g/mol. The minimum absolute atomic E-state index is 0.0485. The van der Waals surface area contributed by atoms with Gasteiger partial charge in [0.1, 0.15) is 0 Å². The summed E-state index contributed by atoms with van der Waals surface area (Å²) in [7, 11) is 1.41. The fourth-order valence-corrected chi connectivity index (χ4v) is 4.12. The van der Waals surface area contributed by atoms with Crippen LogP contribution in [0.4, 0.5) is 8.78 Å². The minimum Gasteiger partial charge on any atom is -0.494 e. The van der Waals surface area contributed by atoms with Gasteiger partial charge in [0.05, 0.1) is 7.11 Å². The molecule has 0 saturated heterocycles. The minimum atomic E-state index is -0.835. The molecule has 0 heterocycles. The molecule has 1 aromatic carbocycles. The van der Waals surface area contributed by atoms with Gasteiger partial charge in [-0.1, -0.05) is 46.0 Å². The van der Waals surface area contributed by atoms with Gasteiger partial charge in [-0.3, -0.25) is 0 Å². The lowest BCUT2D eigenvalue weighted by Crippen LogP contribution is -2.16. The Morgan fingerprint density at radius 1 is 1.00 bits per heavy atom. The van der Waals surface area contributed by atoms with Crippen LogP contribution in [0.15, 0.2) is 6.07 Å². The molecule has 1 aliphatic rings. The zero-order chi connectivity index (χ0) is 17.5. The van der Waals surface area contributed by atoms with Crippen LogP contribution in [-0.2, 0) is 6.42 Å². The summed E-state index contributed by atoms with van der Waals surface area (Å²) in [5.41, 5.74) is 1.56. The number of hydrogen-bond acceptors (Lipinski definition) is 1. The van der Waals surface area contributed by atoms with Crippen molar-refractivity contribution in [3.63, 3.8) is 0 Å². The molecule has 0 aromatic heterocycles. The Morgan fingerprint density at radius 2 is 1.71 bits per heavy atom. The summed E-state index contributed by atoms with van der Waals surface area (Å²) in [6.07, 6.45) is 11.2. The summed E-state index contributed by atoms with van der Waals surface area (Å²) in [6, 6.07) is 1.76. The summed E-state index contributed by atoms with van der Waals surface area (Å²) in [6.45, 7) is 4.25. The van der Waals surface area contributed by atoms with Crippen LogP contribution in [0.1, 0.15) is 88.7 Å². The van der Waals surface area contributed by atoms with Crippen LogP contribution in [0.25, 0.3) is 0 Å². The molecule has 1 aromatic rings. The number of hydrogen-bond donors (Lipinski definition) is 0. The molecule has 0 amide bonds. The van der Waals surface area contributed by atoms with Gasteiger partial charge in [-0.25, -0.2) is 4.39 Å². The average Bonchev–Trinajstić information content (AvgIpc) is 2.60. The van der Waals surface area contributed by atoms with Crippen molar-refractivity contribution in [1.29, 1.82) is 0 Å². The van der Waals surface area contributed by atoms with E-state index < -0.39 is 11.6 Å². The van der Waals surface area contributed by atoms with Gasteiger partial charge in [-0.2, -0.15) is 4.39 Å². The second-order valence-electron chi connectivity index (χ2n) is 7.24. The van der Waals surface area contributed by atoms with Crippen molar-refractivity contribution in [3.8, 4) is 5.75 Å². The lowest BCUT2D eigenvalue weighted by molar-refractivity contribution is 0.299. The molecule has 0 atom stereocenters. The van der Waals surface area contributed by atoms with E-state index in [0.717, 1.165) is 30.7 Å². The van der Waals surface area contributed by atoms with Crippen molar-refractivity contribution in [1.82, 2.24) is 0 Å². The summed E-state index contributed by atoms with van der Waals surface area (Å²) in [5, 5.41) is 0. The quantitative estimate of drug-likeness (QED) is 0.475. The molecule has 0 bridgehead atoms. The van der Waals surface area contributed by atoms with Gasteiger partial charge in [-0.05, 0) is 61.1 Å². The highest BCUT2D eigenvalue weighted by atomic mass is 19.2. The van der Waals surface area contributed by atoms with E-state index in [1.165, 1.54) is 45.6 Å². The Bertz CT molecular complexity index is 519. The van der Waals surface area contributed by atoms with E-state index in [4.69, 9.17) is 4.74 Å². The number of methoxy groups -OCH3 is 1. The molecule has 0 radical (unpaired) electrons. The van der Waals surface area contributed by atoms with Crippen LogP contribution in [0.2, 0.25) is 0 Å². The molecule has 0 aliphatic heterocycles. The molecule has 2 rings (SSSR count). The van der Waals surface area contributed by atoms with E-state index in [2.05, 4.69) is 6.92 Å². The van der Waals surface area contributed by atoms with Gasteiger partial charge in [0.2, 0.25) is 5.82 Å². The van der Waals surface area contributed by atoms with E-state index >= 15 is 0 Å². The first kappa shape index (κ1) is 19.2. The van der Waals surface area contributed by atoms with E-state index in [-0.39, 0.29) is 5.75 Å². The Balaban J connectivity index is 2.12. The lowest BCUT2D eigenvalue weighted by atomic mass is 9.75. The molecule has 24 heavy (non-hydrogen) atoms. The summed E-state index contributed by atoms with van der Waals surface area (Å²) < 4.78 is 33.6. The van der Waals surface area contributed by atoms with Gasteiger partial charge >= 0.3 is 0 Å². The standard InChI is InChI=1S/C21H32F2O/c1-4-6-7-9-15-10-12-16(13-11-15)18-14-19(24-3)21(23)20(22)17(18)8-5-2/h14-16H,4-13H2,1-3H3. The van der Waals surface area contributed by atoms with Crippen molar-refractivity contribution in [2.24, 2.45) is 5.92 Å². The maximum absolute atomic E-state index is 14.5. The third-order valence-electron chi connectivity index (χ3n) is 5.53. The Morgan fingerprint density at radius 3 is 2.29 bits per heavy atom. The van der Waals surface area contributed by atoms with E-state index in [1.807, 2.05) is 6.92 Å². The lowest BCUT2D eigenvalue weighted by Gasteiger charge is -2.30. The smallest absolute Gasteiger partial charge is 0.200 e. The zero-order valence-corrected chi connectivity index (χ0v) is 15.5.